The van der Waals surface area contributed by atoms with Crippen LogP contribution >= 0.6 is 0 Å². The summed E-state index contributed by atoms with van der Waals surface area (Å²) in [5.74, 6) is 0.960. The van der Waals surface area contributed by atoms with Crippen LogP contribution in [0.4, 0.5) is 5.69 Å². The molecule has 0 fully saturated rings. The summed E-state index contributed by atoms with van der Waals surface area (Å²) < 4.78 is 5.66. The molecule has 0 bridgehead atoms. The van der Waals surface area contributed by atoms with Crippen LogP contribution in [0.3, 0.4) is 0 Å². The first-order valence-corrected chi connectivity index (χ1v) is 7.73. The predicted molar refractivity (Wildman–Crippen MR) is 90.3 cm³/mol. The lowest BCUT2D eigenvalue weighted by atomic mass is 9.97. The van der Waals surface area contributed by atoms with E-state index >= 15 is 0 Å². The molecule has 2 aromatic rings. The Morgan fingerprint density at radius 3 is 2.36 bits per heavy atom. The minimum atomic E-state index is -0.549. The number of para-hydroxylation sites is 2. The van der Waals surface area contributed by atoms with Crippen LogP contribution in [0.1, 0.15) is 38.7 Å². The summed E-state index contributed by atoms with van der Waals surface area (Å²) in [4.78, 5) is 12.3. The van der Waals surface area contributed by atoms with E-state index < -0.39 is 6.10 Å². The van der Waals surface area contributed by atoms with Crippen LogP contribution in [0.5, 0.6) is 5.75 Å². The number of anilines is 1. The smallest absolute Gasteiger partial charge is 0.265 e. The minimum Gasteiger partial charge on any atom is -0.481 e. The van der Waals surface area contributed by atoms with Crippen molar-refractivity contribution in [2.45, 2.75) is 39.2 Å². The molecule has 0 heterocycles. The van der Waals surface area contributed by atoms with Gasteiger partial charge in [0.25, 0.3) is 5.91 Å². The van der Waals surface area contributed by atoms with Gasteiger partial charge >= 0.3 is 0 Å². The summed E-state index contributed by atoms with van der Waals surface area (Å²) in [6, 6.07) is 17.3. The molecule has 0 aliphatic carbocycles. The number of rotatable bonds is 6. The molecule has 2 rings (SSSR count). The van der Waals surface area contributed by atoms with Gasteiger partial charge in [-0.05, 0) is 43.0 Å². The third-order valence-electron chi connectivity index (χ3n) is 3.79. The van der Waals surface area contributed by atoms with Crippen LogP contribution < -0.4 is 10.1 Å². The molecular formula is C19H23NO2. The van der Waals surface area contributed by atoms with Gasteiger partial charge in [0.2, 0.25) is 0 Å². The monoisotopic (exact) mass is 297 g/mol. The lowest BCUT2D eigenvalue weighted by Crippen LogP contribution is -2.30. The van der Waals surface area contributed by atoms with Gasteiger partial charge in [-0.25, -0.2) is 0 Å². The molecule has 0 aliphatic rings. The van der Waals surface area contributed by atoms with Gasteiger partial charge in [0.1, 0.15) is 5.75 Å². The van der Waals surface area contributed by atoms with Gasteiger partial charge in [0.05, 0.1) is 0 Å². The van der Waals surface area contributed by atoms with E-state index in [1.54, 1.807) is 6.92 Å². The standard InChI is InChI=1S/C19H23NO2/c1-4-14(2)17-12-8-9-13-18(17)20-19(21)15(3)22-16-10-6-5-7-11-16/h5-15H,4H2,1-3H3,(H,20,21)/t14-,15-/m1/s1. The van der Waals surface area contributed by atoms with Crippen molar-refractivity contribution >= 4 is 11.6 Å². The predicted octanol–water partition coefficient (Wildman–Crippen LogP) is 4.61. The molecule has 2 aromatic carbocycles. The summed E-state index contributed by atoms with van der Waals surface area (Å²) >= 11 is 0. The first kappa shape index (κ1) is 16.1. The van der Waals surface area contributed by atoms with Gasteiger partial charge in [-0.2, -0.15) is 0 Å². The number of nitrogens with one attached hydrogen (secondary N) is 1. The molecule has 2 atom stereocenters. The quantitative estimate of drug-likeness (QED) is 0.845. The fourth-order valence-corrected chi connectivity index (χ4v) is 2.25. The second kappa shape index (κ2) is 7.64. The van der Waals surface area contributed by atoms with Crippen molar-refractivity contribution in [2.75, 3.05) is 5.32 Å². The normalized spacial score (nSPS) is 13.2. The number of ether oxygens (including phenoxy) is 1. The van der Waals surface area contributed by atoms with E-state index in [4.69, 9.17) is 4.74 Å². The SMILES string of the molecule is CC[C@@H](C)c1ccccc1NC(=O)[C@@H](C)Oc1ccccc1. The van der Waals surface area contributed by atoms with Gasteiger partial charge in [-0.3, -0.25) is 4.79 Å². The summed E-state index contributed by atoms with van der Waals surface area (Å²) in [5, 5.41) is 2.98. The van der Waals surface area contributed by atoms with Crippen LogP contribution in [0.2, 0.25) is 0 Å². The maximum absolute atomic E-state index is 12.3. The molecule has 0 unspecified atom stereocenters. The Hall–Kier alpha value is -2.29. The van der Waals surface area contributed by atoms with Crippen molar-refractivity contribution in [1.82, 2.24) is 0 Å². The van der Waals surface area contributed by atoms with Crippen LogP contribution in [0, 0.1) is 0 Å². The average Bonchev–Trinajstić information content (AvgIpc) is 2.55. The number of benzene rings is 2. The third kappa shape index (κ3) is 4.10. The van der Waals surface area contributed by atoms with Crippen molar-refractivity contribution in [3.8, 4) is 5.75 Å². The molecule has 22 heavy (non-hydrogen) atoms. The molecule has 0 aromatic heterocycles. The zero-order chi connectivity index (χ0) is 15.9. The third-order valence-corrected chi connectivity index (χ3v) is 3.79. The molecule has 0 spiro atoms. The Labute approximate surface area is 132 Å². The Morgan fingerprint density at radius 2 is 1.68 bits per heavy atom. The highest BCUT2D eigenvalue weighted by atomic mass is 16.5. The lowest BCUT2D eigenvalue weighted by Gasteiger charge is -2.18. The number of carbonyl (C=O) groups is 1. The van der Waals surface area contributed by atoms with Gasteiger partial charge in [-0.1, -0.05) is 50.2 Å². The van der Waals surface area contributed by atoms with Crippen LogP contribution in [-0.2, 0) is 4.79 Å². The van der Waals surface area contributed by atoms with E-state index in [2.05, 4.69) is 25.2 Å². The highest BCUT2D eigenvalue weighted by molar-refractivity contribution is 5.94. The van der Waals surface area contributed by atoms with Crippen LogP contribution in [0.25, 0.3) is 0 Å². The van der Waals surface area contributed by atoms with Crippen molar-refractivity contribution in [3.05, 3.63) is 60.2 Å². The van der Waals surface area contributed by atoms with Crippen molar-refractivity contribution in [1.29, 1.82) is 0 Å². The Bertz CT molecular complexity index is 610. The first-order chi connectivity index (χ1) is 10.6. The summed E-state index contributed by atoms with van der Waals surface area (Å²) in [7, 11) is 0. The largest absolute Gasteiger partial charge is 0.481 e. The van der Waals surface area contributed by atoms with Gasteiger partial charge in [0, 0.05) is 5.69 Å². The second-order valence-electron chi connectivity index (χ2n) is 5.46. The van der Waals surface area contributed by atoms with E-state index in [1.165, 1.54) is 0 Å². The van der Waals surface area contributed by atoms with Gasteiger partial charge < -0.3 is 10.1 Å². The molecular weight excluding hydrogens is 274 g/mol. The second-order valence-corrected chi connectivity index (χ2v) is 5.46. The molecule has 0 radical (unpaired) electrons. The maximum Gasteiger partial charge on any atom is 0.265 e. The summed E-state index contributed by atoms with van der Waals surface area (Å²) in [6.45, 7) is 6.06. The molecule has 0 saturated heterocycles. The van der Waals surface area contributed by atoms with Crippen molar-refractivity contribution < 1.29 is 9.53 Å². The molecule has 3 nitrogen and oxygen atoms in total. The van der Waals surface area contributed by atoms with Gasteiger partial charge in [-0.15, -0.1) is 0 Å². The summed E-state index contributed by atoms with van der Waals surface area (Å²) in [6.07, 6.45) is 0.482. The Balaban J connectivity index is 2.05. The maximum atomic E-state index is 12.3. The van der Waals surface area contributed by atoms with E-state index in [-0.39, 0.29) is 5.91 Å². The van der Waals surface area contributed by atoms with Crippen molar-refractivity contribution in [2.24, 2.45) is 0 Å². The van der Waals surface area contributed by atoms with Crippen LogP contribution in [-0.4, -0.2) is 12.0 Å². The van der Waals surface area contributed by atoms with Crippen LogP contribution in [0.15, 0.2) is 54.6 Å². The molecule has 1 amide bonds. The number of amides is 1. The zero-order valence-electron chi connectivity index (χ0n) is 13.4. The van der Waals surface area contributed by atoms with E-state index in [9.17, 15) is 4.79 Å². The molecule has 3 heteroatoms. The average molecular weight is 297 g/mol. The number of carbonyl (C=O) groups excluding carboxylic acids is 1. The zero-order valence-corrected chi connectivity index (χ0v) is 13.4. The van der Waals surface area contributed by atoms with E-state index in [0.29, 0.717) is 11.7 Å². The van der Waals surface area contributed by atoms with E-state index in [1.807, 2.05) is 48.5 Å². The Morgan fingerprint density at radius 1 is 1.05 bits per heavy atom. The molecule has 0 saturated carbocycles. The van der Waals surface area contributed by atoms with E-state index in [0.717, 1.165) is 17.7 Å². The highest BCUT2D eigenvalue weighted by Gasteiger charge is 2.17. The number of hydrogen-bond donors (Lipinski definition) is 1. The minimum absolute atomic E-state index is 0.139. The molecule has 0 aliphatic heterocycles. The highest BCUT2D eigenvalue weighted by Crippen LogP contribution is 2.26. The fourth-order valence-electron chi connectivity index (χ4n) is 2.25. The number of hydrogen-bond acceptors (Lipinski definition) is 2. The molecule has 116 valence electrons. The topological polar surface area (TPSA) is 38.3 Å². The fraction of sp³-hybridized carbons (Fsp3) is 0.316. The lowest BCUT2D eigenvalue weighted by molar-refractivity contribution is -0.122. The van der Waals surface area contributed by atoms with Gasteiger partial charge in [0.15, 0.2) is 6.10 Å². The van der Waals surface area contributed by atoms with Crippen molar-refractivity contribution in [3.63, 3.8) is 0 Å². The Kier molecular flexibility index (Phi) is 5.59. The summed E-state index contributed by atoms with van der Waals surface area (Å²) in [5.41, 5.74) is 2.02. The molecule has 1 N–H and O–H groups in total. The first-order valence-electron chi connectivity index (χ1n) is 7.73.